The maximum absolute atomic E-state index is 14.0. The Kier molecular flexibility index (Phi) is 4.84. The molecule has 0 atom stereocenters. The van der Waals surface area contributed by atoms with Gasteiger partial charge in [-0.05, 0) is 24.3 Å². The zero-order valence-corrected chi connectivity index (χ0v) is 15.2. The van der Waals surface area contributed by atoms with Gasteiger partial charge >= 0.3 is 0 Å². The standard InChI is InChI=1S/C20H18FN5O2/c1-28-15-6-4-5-14(11-15)26-10-9-25(13-19(26)27)20-23-18(12-22-24-20)16-7-2-3-8-17(16)21/h2-8,11-12H,9-10,13H2,1H3. The van der Waals surface area contributed by atoms with Crippen molar-refractivity contribution < 1.29 is 13.9 Å². The first-order valence-corrected chi connectivity index (χ1v) is 8.79. The number of nitrogens with zero attached hydrogens (tertiary/aromatic N) is 5. The summed E-state index contributed by atoms with van der Waals surface area (Å²) in [5.74, 6) is 0.532. The first-order chi connectivity index (χ1) is 13.7. The Morgan fingerprint density at radius 2 is 1.96 bits per heavy atom. The SMILES string of the molecule is COc1cccc(N2CCN(c3nncc(-c4ccccc4F)n3)CC2=O)c1. The van der Waals surface area contributed by atoms with Crippen LogP contribution >= 0.6 is 0 Å². The van der Waals surface area contributed by atoms with Crippen molar-refractivity contribution in [3.63, 3.8) is 0 Å². The third-order valence-corrected chi connectivity index (χ3v) is 4.57. The van der Waals surface area contributed by atoms with Crippen molar-refractivity contribution in [2.75, 3.05) is 36.5 Å². The lowest BCUT2D eigenvalue weighted by Crippen LogP contribution is -2.51. The predicted molar refractivity (Wildman–Crippen MR) is 103 cm³/mol. The minimum absolute atomic E-state index is 0.0839. The number of ether oxygens (including phenoxy) is 1. The number of amides is 1. The molecule has 0 bridgehead atoms. The fraction of sp³-hybridized carbons (Fsp3) is 0.200. The number of benzene rings is 2. The smallest absolute Gasteiger partial charge is 0.246 e. The van der Waals surface area contributed by atoms with Crippen LogP contribution in [0.4, 0.5) is 16.0 Å². The molecule has 0 radical (unpaired) electrons. The number of methoxy groups -OCH3 is 1. The molecule has 2 heterocycles. The van der Waals surface area contributed by atoms with E-state index < -0.39 is 0 Å². The third-order valence-electron chi connectivity index (χ3n) is 4.57. The van der Waals surface area contributed by atoms with Crippen LogP contribution in [0.3, 0.4) is 0 Å². The van der Waals surface area contributed by atoms with Crippen molar-refractivity contribution in [3.8, 4) is 17.0 Å². The van der Waals surface area contributed by atoms with E-state index in [1.807, 2.05) is 24.3 Å². The molecule has 0 spiro atoms. The van der Waals surface area contributed by atoms with Crippen LogP contribution in [0.25, 0.3) is 11.3 Å². The molecule has 0 unspecified atom stereocenters. The molecule has 1 fully saturated rings. The highest BCUT2D eigenvalue weighted by molar-refractivity contribution is 5.97. The van der Waals surface area contributed by atoms with Crippen LogP contribution in [0.5, 0.6) is 5.75 Å². The summed E-state index contributed by atoms with van der Waals surface area (Å²) < 4.78 is 19.3. The van der Waals surface area contributed by atoms with Gasteiger partial charge < -0.3 is 14.5 Å². The van der Waals surface area contributed by atoms with Crippen molar-refractivity contribution in [1.82, 2.24) is 15.2 Å². The first-order valence-electron chi connectivity index (χ1n) is 8.79. The summed E-state index contributed by atoms with van der Waals surface area (Å²) in [7, 11) is 1.59. The van der Waals surface area contributed by atoms with Gasteiger partial charge in [-0.2, -0.15) is 5.10 Å². The summed E-state index contributed by atoms with van der Waals surface area (Å²) in [4.78, 5) is 20.6. The molecule has 0 N–H and O–H groups in total. The number of hydrogen-bond acceptors (Lipinski definition) is 6. The number of aromatic nitrogens is 3. The van der Waals surface area contributed by atoms with Gasteiger partial charge in [0.2, 0.25) is 11.9 Å². The number of anilines is 2. The number of rotatable bonds is 4. The average Bonchev–Trinajstić information content (AvgIpc) is 2.74. The summed E-state index contributed by atoms with van der Waals surface area (Å²) in [6, 6.07) is 13.7. The second-order valence-corrected chi connectivity index (χ2v) is 6.29. The van der Waals surface area contributed by atoms with Gasteiger partial charge in [-0.15, -0.1) is 5.10 Å². The third kappa shape index (κ3) is 3.48. The van der Waals surface area contributed by atoms with Gasteiger partial charge in [0.1, 0.15) is 18.1 Å². The van der Waals surface area contributed by atoms with E-state index in [1.165, 1.54) is 12.3 Å². The Bertz CT molecular complexity index is 1010. The summed E-state index contributed by atoms with van der Waals surface area (Å²) in [5, 5.41) is 7.97. The largest absolute Gasteiger partial charge is 0.497 e. The second-order valence-electron chi connectivity index (χ2n) is 6.29. The van der Waals surface area contributed by atoms with Crippen LogP contribution in [0.2, 0.25) is 0 Å². The summed E-state index contributed by atoms with van der Waals surface area (Å²) in [5.41, 5.74) is 1.51. The fourth-order valence-corrected chi connectivity index (χ4v) is 3.12. The van der Waals surface area contributed by atoms with E-state index in [4.69, 9.17) is 4.74 Å². The molecular weight excluding hydrogens is 361 g/mol. The highest BCUT2D eigenvalue weighted by Gasteiger charge is 2.27. The molecule has 1 amide bonds. The predicted octanol–water partition coefficient (Wildman–Crippen LogP) is 2.54. The van der Waals surface area contributed by atoms with E-state index in [-0.39, 0.29) is 18.3 Å². The monoisotopic (exact) mass is 379 g/mol. The van der Waals surface area contributed by atoms with Crippen molar-refractivity contribution in [3.05, 3.63) is 60.5 Å². The zero-order chi connectivity index (χ0) is 19.5. The van der Waals surface area contributed by atoms with Crippen LogP contribution in [0.15, 0.2) is 54.7 Å². The molecule has 142 valence electrons. The van der Waals surface area contributed by atoms with Gasteiger partial charge in [0, 0.05) is 30.4 Å². The van der Waals surface area contributed by atoms with E-state index in [1.54, 1.807) is 35.1 Å². The molecule has 1 aliphatic rings. The lowest BCUT2D eigenvalue weighted by molar-refractivity contribution is -0.117. The van der Waals surface area contributed by atoms with Crippen molar-refractivity contribution >= 4 is 17.5 Å². The van der Waals surface area contributed by atoms with E-state index in [0.717, 1.165) is 5.69 Å². The zero-order valence-electron chi connectivity index (χ0n) is 15.2. The number of carbonyl (C=O) groups is 1. The Balaban J connectivity index is 1.54. The van der Waals surface area contributed by atoms with Crippen LogP contribution in [-0.2, 0) is 4.79 Å². The summed E-state index contributed by atoms with van der Waals surface area (Å²) >= 11 is 0. The summed E-state index contributed by atoms with van der Waals surface area (Å²) in [6.07, 6.45) is 1.41. The topological polar surface area (TPSA) is 71.5 Å². The van der Waals surface area contributed by atoms with Crippen molar-refractivity contribution in [2.45, 2.75) is 0 Å². The molecular formula is C20H18FN5O2. The van der Waals surface area contributed by atoms with Crippen LogP contribution in [-0.4, -0.2) is 47.8 Å². The van der Waals surface area contributed by atoms with Gasteiger partial charge in [-0.1, -0.05) is 18.2 Å². The molecule has 4 rings (SSSR count). The fourth-order valence-electron chi connectivity index (χ4n) is 3.12. The molecule has 7 nitrogen and oxygen atoms in total. The van der Waals surface area contributed by atoms with Crippen molar-refractivity contribution in [1.29, 1.82) is 0 Å². The van der Waals surface area contributed by atoms with Gasteiger partial charge in [-0.25, -0.2) is 9.37 Å². The Morgan fingerprint density at radius 3 is 2.75 bits per heavy atom. The lowest BCUT2D eigenvalue weighted by atomic mass is 10.1. The van der Waals surface area contributed by atoms with Crippen LogP contribution in [0.1, 0.15) is 0 Å². The molecule has 3 aromatic rings. The molecule has 0 saturated carbocycles. The molecule has 1 aliphatic heterocycles. The van der Waals surface area contributed by atoms with Gasteiger partial charge in [0.25, 0.3) is 0 Å². The number of carbonyl (C=O) groups excluding carboxylic acids is 1. The van der Waals surface area contributed by atoms with E-state index in [0.29, 0.717) is 36.0 Å². The van der Waals surface area contributed by atoms with E-state index >= 15 is 0 Å². The van der Waals surface area contributed by atoms with Gasteiger partial charge in [0.15, 0.2) is 0 Å². The maximum Gasteiger partial charge on any atom is 0.246 e. The molecule has 28 heavy (non-hydrogen) atoms. The van der Waals surface area contributed by atoms with Crippen molar-refractivity contribution in [2.24, 2.45) is 0 Å². The summed E-state index contributed by atoms with van der Waals surface area (Å²) in [6.45, 7) is 1.12. The van der Waals surface area contributed by atoms with E-state index in [2.05, 4.69) is 15.2 Å². The minimum Gasteiger partial charge on any atom is -0.497 e. The highest BCUT2D eigenvalue weighted by atomic mass is 19.1. The number of hydrogen-bond donors (Lipinski definition) is 0. The Hall–Kier alpha value is -3.55. The van der Waals surface area contributed by atoms with Gasteiger partial charge in [-0.3, -0.25) is 4.79 Å². The number of piperazine rings is 1. The molecule has 2 aromatic carbocycles. The van der Waals surface area contributed by atoms with E-state index in [9.17, 15) is 9.18 Å². The quantitative estimate of drug-likeness (QED) is 0.694. The van der Waals surface area contributed by atoms with Gasteiger partial charge in [0.05, 0.1) is 19.0 Å². The van der Waals surface area contributed by atoms with Crippen LogP contribution in [0, 0.1) is 5.82 Å². The average molecular weight is 379 g/mol. The Morgan fingerprint density at radius 1 is 1.11 bits per heavy atom. The normalized spacial score (nSPS) is 14.3. The Labute approximate surface area is 161 Å². The maximum atomic E-state index is 14.0. The minimum atomic E-state index is -0.382. The van der Waals surface area contributed by atoms with Crippen LogP contribution < -0.4 is 14.5 Å². The second kappa shape index (κ2) is 7.59. The highest BCUT2D eigenvalue weighted by Crippen LogP contribution is 2.25. The lowest BCUT2D eigenvalue weighted by Gasteiger charge is -2.34. The first kappa shape index (κ1) is 17.8. The molecule has 8 heteroatoms. The molecule has 1 aromatic heterocycles. The molecule has 0 aliphatic carbocycles. The number of halogens is 1. The molecule has 1 saturated heterocycles.